The third-order valence-electron chi connectivity index (χ3n) is 3.04. The summed E-state index contributed by atoms with van der Waals surface area (Å²) in [4.78, 5) is 4.18. The fraction of sp³-hybridized carbons (Fsp3) is 0.133. The van der Waals surface area contributed by atoms with Crippen molar-refractivity contribution in [2.75, 3.05) is 11.0 Å². The van der Waals surface area contributed by atoms with E-state index in [-0.39, 0.29) is 0 Å². The van der Waals surface area contributed by atoms with E-state index in [1.165, 1.54) is 0 Å². The Morgan fingerprint density at radius 3 is 2.52 bits per heavy atom. The van der Waals surface area contributed by atoms with Crippen LogP contribution in [-0.2, 0) is 10.0 Å². The number of pyridine rings is 1. The fourth-order valence-corrected chi connectivity index (χ4v) is 2.72. The molecule has 0 spiro atoms. The average Bonchev–Trinajstić information content (AvgIpc) is 2.93. The first-order valence-electron chi connectivity index (χ1n) is 6.75. The summed E-state index contributed by atoms with van der Waals surface area (Å²) in [5.74, 6) is 0.829. The number of benzene rings is 1. The minimum Gasteiger partial charge on any atom is -0.421 e. The van der Waals surface area contributed by atoms with Crippen LogP contribution in [0.5, 0.6) is 0 Å². The Bertz CT molecular complexity index is 951. The molecule has 0 amide bonds. The standard InChI is InChI=1S/C15H14N4O3S/c1-10-17-18-15(22-10)12-7-11(8-16-9-12)13-5-3-4-6-14(13)19-23(2,20)21/h3-9,19H,1-2H3. The Hall–Kier alpha value is -2.74. The van der Waals surface area contributed by atoms with E-state index in [1.54, 1.807) is 31.5 Å². The lowest BCUT2D eigenvalue weighted by atomic mass is 10.0. The summed E-state index contributed by atoms with van der Waals surface area (Å²) in [5.41, 5.74) is 2.60. The maximum Gasteiger partial charge on any atom is 0.249 e. The van der Waals surface area contributed by atoms with E-state index in [4.69, 9.17) is 4.42 Å². The highest BCUT2D eigenvalue weighted by atomic mass is 32.2. The summed E-state index contributed by atoms with van der Waals surface area (Å²) in [7, 11) is -3.38. The van der Waals surface area contributed by atoms with Gasteiger partial charge < -0.3 is 4.42 Å². The maximum atomic E-state index is 11.5. The van der Waals surface area contributed by atoms with Crippen molar-refractivity contribution in [2.24, 2.45) is 0 Å². The lowest BCUT2D eigenvalue weighted by molar-refractivity contribution is 0.532. The van der Waals surface area contributed by atoms with Crippen molar-refractivity contribution in [1.29, 1.82) is 0 Å². The third-order valence-corrected chi connectivity index (χ3v) is 3.64. The average molecular weight is 330 g/mol. The Labute approximate surface area is 133 Å². The van der Waals surface area contributed by atoms with Gasteiger partial charge in [-0.2, -0.15) is 0 Å². The molecule has 0 unspecified atom stereocenters. The Balaban J connectivity index is 2.06. The van der Waals surface area contributed by atoms with Gasteiger partial charge in [0.2, 0.25) is 21.8 Å². The van der Waals surface area contributed by atoms with Gasteiger partial charge in [0.25, 0.3) is 0 Å². The quantitative estimate of drug-likeness (QED) is 0.789. The Morgan fingerprint density at radius 2 is 1.83 bits per heavy atom. The molecule has 7 nitrogen and oxygen atoms in total. The molecule has 0 radical (unpaired) electrons. The molecular formula is C15H14N4O3S. The number of aryl methyl sites for hydroxylation is 1. The van der Waals surface area contributed by atoms with Gasteiger partial charge in [-0.25, -0.2) is 8.42 Å². The predicted molar refractivity (Wildman–Crippen MR) is 86.2 cm³/mol. The summed E-state index contributed by atoms with van der Waals surface area (Å²) < 4.78 is 30.9. The van der Waals surface area contributed by atoms with Crippen molar-refractivity contribution in [3.05, 3.63) is 48.6 Å². The van der Waals surface area contributed by atoms with Crippen molar-refractivity contribution in [2.45, 2.75) is 6.92 Å². The number of nitrogens with zero attached hydrogens (tertiary/aromatic N) is 3. The molecule has 23 heavy (non-hydrogen) atoms. The van der Waals surface area contributed by atoms with Crippen molar-refractivity contribution in [3.63, 3.8) is 0 Å². The first kappa shape index (κ1) is 15.2. The van der Waals surface area contributed by atoms with Gasteiger partial charge >= 0.3 is 0 Å². The van der Waals surface area contributed by atoms with Crippen LogP contribution in [0.1, 0.15) is 5.89 Å². The van der Waals surface area contributed by atoms with Crippen molar-refractivity contribution in [3.8, 4) is 22.6 Å². The summed E-state index contributed by atoms with van der Waals surface area (Å²) in [6.45, 7) is 1.71. The number of hydrogen-bond donors (Lipinski definition) is 1. The molecule has 0 aliphatic rings. The van der Waals surface area contributed by atoms with Crippen LogP contribution >= 0.6 is 0 Å². The van der Waals surface area contributed by atoms with Crippen LogP contribution in [0.3, 0.4) is 0 Å². The molecule has 0 saturated carbocycles. The number of hydrogen-bond acceptors (Lipinski definition) is 6. The van der Waals surface area contributed by atoms with Crippen LogP contribution in [0.15, 0.2) is 47.1 Å². The van der Waals surface area contributed by atoms with E-state index in [2.05, 4.69) is 19.9 Å². The zero-order valence-electron chi connectivity index (χ0n) is 12.5. The molecule has 0 bridgehead atoms. The van der Waals surface area contributed by atoms with Gasteiger partial charge in [-0.05, 0) is 12.1 Å². The highest BCUT2D eigenvalue weighted by Gasteiger charge is 2.12. The number of para-hydroxylation sites is 1. The van der Waals surface area contributed by atoms with Gasteiger partial charge in [-0.1, -0.05) is 18.2 Å². The minimum absolute atomic E-state index is 0.366. The molecule has 1 aromatic carbocycles. The largest absolute Gasteiger partial charge is 0.421 e. The van der Waals surface area contributed by atoms with Gasteiger partial charge in [-0.3, -0.25) is 9.71 Å². The molecule has 0 atom stereocenters. The van der Waals surface area contributed by atoms with Gasteiger partial charge in [0.05, 0.1) is 17.5 Å². The molecule has 2 heterocycles. The fourth-order valence-electron chi connectivity index (χ4n) is 2.14. The van der Waals surface area contributed by atoms with Crippen molar-refractivity contribution >= 4 is 15.7 Å². The van der Waals surface area contributed by atoms with E-state index in [9.17, 15) is 8.42 Å². The predicted octanol–water partition coefficient (Wildman–Crippen LogP) is 2.48. The lowest BCUT2D eigenvalue weighted by Crippen LogP contribution is -2.10. The monoisotopic (exact) mass is 330 g/mol. The smallest absolute Gasteiger partial charge is 0.249 e. The highest BCUT2D eigenvalue weighted by Crippen LogP contribution is 2.30. The van der Waals surface area contributed by atoms with E-state index < -0.39 is 10.0 Å². The molecular weight excluding hydrogens is 316 g/mol. The summed E-state index contributed by atoms with van der Waals surface area (Å²) in [6, 6.07) is 8.91. The van der Waals surface area contributed by atoms with Gasteiger partial charge in [0.1, 0.15) is 0 Å². The molecule has 0 aliphatic carbocycles. The molecule has 8 heteroatoms. The molecule has 3 rings (SSSR count). The Morgan fingerprint density at radius 1 is 1.09 bits per heavy atom. The van der Waals surface area contributed by atoms with Crippen molar-refractivity contribution < 1.29 is 12.8 Å². The SMILES string of the molecule is Cc1nnc(-c2cncc(-c3ccccc3NS(C)(=O)=O)c2)o1. The number of aromatic nitrogens is 3. The first-order valence-corrected chi connectivity index (χ1v) is 8.64. The van der Waals surface area contributed by atoms with Crippen LogP contribution in [-0.4, -0.2) is 29.9 Å². The summed E-state index contributed by atoms with van der Waals surface area (Å²) in [6.07, 6.45) is 4.37. The van der Waals surface area contributed by atoms with E-state index >= 15 is 0 Å². The van der Waals surface area contributed by atoms with Gasteiger partial charge in [0.15, 0.2) is 0 Å². The van der Waals surface area contributed by atoms with E-state index in [0.29, 0.717) is 28.6 Å². The molecule has 0 aliphatic heterocycles. The zero-order valence-corrected chi connectivity index (χ0v) is 13.3. The van der Waals surface area contributed by atoms with E-state index in [0.717, 1.165) is 11.8 Å². The number of sulfonamides is 1. The molecule has 0 saturated heterocycles. The van der Waals surface area contributed by atoms with Gasteiger partial charge in [0, 0.05) is 30.4 Å². The highest BCUT2D eigenvalue weighted by molar-refractivity contribution is 7.92. The molecule has 3 aromatic rings. The second-order valence-corrected chi connectivity index (χ2v) is 6.76. The lowest BCUT2D eigenvalue weighted by Gasteiger charge is -2.10. The topological polar surface area (TPSA) is 98.0 Å². The first-order chi connectivity index (χ1) is 10.9. The molecule has 118 valence electrons. The third kappa shape index (κ3) is 3.54. The van der Waals surface area contributed by atoms with Crippen LogP contribution < -0.4 is 4.72 Å². The molecule has 2 aromatic heterocycles. The van der Waals surface area contributed by atoms with Crippen LogP contribution in [0.4, 0.5) is 5.69 Å². The Kier molecular flexibility index (Phi) is 3.83. The zero-order chi connectivity index (χ0) is 16.4. The number of anilines is 1. The number of rotatable bonds is 4. The normalized spacial score (nSPS) is 11.4. The molecule has 0 fully saturated rings. The molecule has 1 N–H and O–H groups in total. The second kappa shape index (κ2) is 5.81. The van der Waals surface area contributed by atoms with Crippen LogP contribution in [0, 0.1) is 6.92 Å². The van der Waals surface area contributed by atoms with Gasteiger partial charge in [-0.15, -0.1) is 10.2 Å². The maximum absolute atomic E-state index is 11.5. The minimum atomic E-state index is -3.38. The summed E-state index contributed by atoms with van der Waals surface area (Å²) in [5, 5.41) is 7.76. The summed E-state index contributed by atoms with van der Waals surface area (Å²) >= 11 is 0. The van der Waals surface area contributed by atoms with Crippen molar-refractivity contribution in [1.82, 2.24) is 15.2 Å². The number of nitrogens with one attached hydrogen (secondary N) is 1. The van der Waals surface area contributed by atoms with E-state index in [1.807, 2.05) is 18.2 Å². The van der Waals surface area contributed by atoms with Crippen LogP contribution in [0.2, 0.25) is 0 Å². The van der Waals surface area contributed by atoms with Crippen LogP contribution in [0.25, 0.3) is 22.6 Å². The second-order valence-electron chi connectivity index (χ2n) is 5.01.